The standard InChI is InChI=1S/C25H23N3O6/c1-26(2)12-13-27-21(16-7-5-8-17(14-16)28(33)34)20(24(31)25(27)32)23(30)19-11-10-15-6-3-4-9-18(15)22(19)29/h3-11,14,21,29-30H,12-13H2,1-2H3/t21-/m0/s1. The van der Waals surface area contributed by atoms with Gasteiger partial charge in [-0.05, 0) is 31.1 Å². The number of rotatable bonds is 6. The number of amides is 1. The number of fused-ring (bicyclic) bond motifs is 1. The Bertz CT molecular complexity index is 1350. The number of carbonyl (C=O) groups is 2. The molecule has 1 aliphatic rings. The van der Waals surface area contributed by atoms with Gasteiger partial charge < -0.3 is 20.0 Å². The average Bonchev–Trinajstić information content (AvgIpc) is 3.07. The Kier molecular flexibility index (Phi) is 6.04. The molecular weight excluding hydrogens is 438 g/mol. The molecule has 34 heavy (non-hydrogen) atoms. The Morgan fingerprint density at radius 2 is 1.82 bits per heavy atom. The molecule has 9 heteroatoms. The van der Waals surface area contributed by atoms with Crippen LogP contribution in [-0.4, -0.2) is 63.8 Å². The predicted molar refractivity (Wildman–Crippen MR) is 126 cm³/mol. The summed E-state index contributed by atoms with van der Waals surface area (Å²) in [5.41, 5.74) is -0.118. The highest BCUT2D eigenvalue weighted by atomic mass is 16.6. The van der Waals surface area contributed by atoms with Gasteiger partial charge in [-0.2, -0.15) is 0 Å². The first-order valence-electron chi connectivity index (χ1n) is 10.6. The number of Topliss-reactive ketones (excluding diaryl/α,β-unsaturated/α-hetero) is 1. The van der Waals surface area contributed by atoms with Crippen LogP contribution in [0, 0.1) is 10.1 Å². The summed E-state index contributed by atoms with van der Waals surface area (Å²) in [5.74, 6) is -2.50. The molecule has 0 saturated carbocycles. The van der Waals surface area contributed by atoms with E-state index in [1.54, 1.807) is 36.4 Å². The third-order valence-electron chi connectivity index (χ3n) is 5.88. The number of phenolic OH excluding ortho intramolecular Hbond substituents is 1. The fourth-order valence-corrected chi connectivity index (χ4v) is 4.16. The van der Waals surface area contributed by atoms with E-state index in [2.05, 4.69) is 0 Å². The van der Waals surface area contributed by atoms with Crippen LogP contribution >= 0.6 is 0 Å². The summed E-state index contributed by atoms with van der Waals surface area (Å²) < 4.78 is 0. The van der Waals surface area contributed by atoms with Crippen LogP contribution in [0.15, 0.2) is 66.2 Å². The predicted octanol–water partition coefficient (Wildman–Crippen LogP) is 3.44. The van der Waals surface area contributed by atoms with Gasteiger partial charge in [0.2, 0.25) is 0 Å². The van der Waals surface area contributed by atoms with E-state index in [1.807, 2.05) is 19.0 Å². The molecule has 1 atom stereocenters. The van der Waals surface area contributed by atoms with Gasteiger partial charge in [-0.25, -0.2) is 0 Å². The van der Waals surface area contributed by atoms with E-state index in [-0.39, 0.29) is 29.1 Å². The summed E-state index contributed by atoms with van der Waals surface area (Å²) in [4.78, 5) is 40.0. The quantitative estimate of drug-likeness (QED) is 0.189. The maximum atomic E-state index is 13.1. The summed E-state index contributed by atoms with van der Waals surface area (Å²) in [6.45, 7) is 0.588. The maximum absolute atomic E-state index is 13.1. The van der Waals surface area contributed by atoms with Crippen molar-refractivity contribution in [3.05, 3.63) is 87.5 Å². The van der Waals surface area contributed by atoms with E-state index < -0.39 is 28.4 Å². The van der Waals surface area contributed by atoms with E-state index in [0.29, 0.717) is 17.5 Å². The second-order valence-electron chi connectivity index (χ2n) is 8.33. The minimum Gasteiger partial charge on any atom is -0.507 e. The number of hydrogen-bond acceptors (Lipinski definition) is 7. The van der Waals surface area contributed by atoms with Crippen molar-refractivity contribution in [2.75, 3.05) is 27.2 Å². The number of non-ortho nitro benzene ring substituents is 1. The average molecular weight is 461 g/mol. The van der Waals surface area contributed by atoms with Crippen LogP contribution in [-0.2, 0) is 9.59 Å². The zero-order chi connectivity index (χ0) is 24.6. The number of benzene rings is 3. The van der Waals surface area contributed by atoms with Crippen molar-refractivity contribution < 1.29 is 24.7 Å². The summed E-state index contributed by atoms with van der Waals surface area (Å²) >= 11 is 0. The number of hydrogen-bond donors (Lipinski definition) is 2. The Balaban J connectivity index is 1.93. The molecule has 2 N–H and O–H groups in total. The highest BCUT2D eigenvalue weighted by Gasteiger charge is 2.46. The Hall–Kier alpha value is -4.24. The Morgan fingerprint density at radius 1 is 1.09 bits per heavy atom. The second kappa shape index (κ2) is 8.95. The van der Waals surface area contributed by atoms with Gasteiger partial charge in [0.15, 0.2) is 0 Å². The number of nitrogens with zero attached hydrogens (tertiary/aromatic N) is 3. The van der Waals surface area contributed by atoms with Crippen molar-refractivity contribution in [3.8, 4) is 5.75 Å². The van der Waals surface area contributed by atoms with E-state index in [4.69, 9.17) is 0 Å². The molecule has 0 unspecified atom stereocenters. The highest BCUT2D eigenvalue weighted by molar-refractivity contribution is 6.46. The molecule has 1 aliphatic heterocycles. The monoisotopic (exact) mass is 461 g/mol. The molecule has 0 radical (unpaired) electrons. The lowest BCUT2D eigenvalue weighted by Gasteiger charge is -2.26. The van der Waals surface area contributed by atoms with Gasteiger partial charge in [-0.3, -0.25) is 19.7 Å². The number of aliphatic hydroxyl groups is 1. The number of likely N-dealkylation sites (N-methyl/N-ethyl adjacent to an activating group) is 1. The third-order valence-corrected chi connectivity index (χ3v) is 5.88. The van der Waals surface area contributed by atoms with Crippen molar-refractivity contribution in [1.82, 2.24) is 9.80 Å². The molecule has 0 aromatic heterocycles. The van der Waals surface area contributed by atoms with Gasteiger partial charge >= 0.3 is 0 Å². The van der Waals surface area contributed by atoms with Crippen LogP contribution < -0.4 is 0 Å². The number of nitro benzene ring substituents is 1. The highest BCUT2D eigenvalue weighted by Crippen LogP contribution is 2.42. The van der Waals surface area contributed by atoms with Crippen LogP contribution in [0.1, 0.15) is 17.2 Å². The number of phenols is 1. The fraction of sp³-hybridized carbons (Fsp3) is 0.200. The van der Waals surface area contributed by atoms with Gasteiger partial charge in [-0.15, -0.1) is 0 Å². The number of carbonyl (C=O) groups excluding carboxylic acids is 2. The van der Waals surface area contributed by atoms with Gasteiger partial charge in [0.1, 0.15) is 11.5 Å². The first kappa shape index (κ1) is 22.9. The van der Waals surface area contributed by atoms with E-state index in [9.17, 15) is 29.9 Å². The molecule has 1 heterocycles. The van der Waals surface area contributed by atoms with Crippen LogP contribution in [0.2, 0.25) is 0 Å². The first-order valence-corrected chi connectivity index (χ1v) is 10.6. The normalized spacial score (nSPS) is 17.6. The molecule has 9 nitrogen and oxygen atoms in total. The lowest BCUT2D eigenvalue weighted by Crippen LogP contribution is -2.35. The van der Waals surface area contributed by atoms with Crippen LogP contribution in [0.25, 0.3) is 16.5 Å². The van der Waals surface area contributed by atoms with Crippen LogP contribution in [0.5, 0.6) is 5.75 Å². The van der Waals surface area contributed by atoms with Gasteiger partial charge in [-0.1, -0.05) is 42.5 Å². The number of aromatic hydroxyl groups is 1. The summed E-state index contributed by atoms with van der Waals surface area (Å²) in [6.07, 6.45) is 0. The van der Waals surface area contributed by atoms with E-state index in [0.717, 1.165) is 5.39 Å². The molecule has 1 fully saturated rings. The Morgan fingerprint density at radius 3 is 2.53 bits per heavy atom. The second-order valence-corrected chi connectivity index (χ2v) is 8.33. The molecule has 4 rings (SSSR count). The third kappa shape index (κ3) is 3.97. The lowest BCUT2D eigenvalue weighted by atomic mass is 9.93. The summed E-state index contributed by atoms with van der Waals surface area (Å²) in [5, 5.41) is 34.6. The molecule has 3 aromatic rings. The topological polar surface area (TPSA) is 124 Å². The van der Waals surface area contributed by atoms with Gasteiger partial charge in [0.05, 0.1) is 22.1 Å². The smallest absolute Gasteiger partial charge is 0.295 e. The molecule has 0 bridgehead atoms. The molecule has 1 saturated heterocycles. The first-order chi connectivity index (χ1) is 16.2. The van der Waals surface area contributed by atoms with Crippen molar-refractivity contribution in [2.24, 2.45) is 0 Å². The zero-order valence-electron chi connectivity index (χ0n) is 18.6. The number of likely N-dealkylation sites (tertiary alicyclic amines) is 1. The maximum Gasteiger partial charge on any atom is 0.295 e. The van der Waals surface area contributed by atoms with Crippen molar-refractivity contribution in [1.29, 1.82) is 0 Å². The minimum atomic E-state index is -1.05. The molecule has 3 aromatic carbocycles. The molecule has 1 amide bonds. The fourth-order valence-electron chi connectivity index (χ4n) is 4.16. The molecule has 174 valence electrons. The SMILES string of the molecule is CN(C)CCN1C(=O)C(=O)C(=C(O)c2ccc3ccccc3c2O)[C@@H]1c1cccc([N+](=O)[O-])c1. The lowest BCUT2D eigenvalue weighted by molar-refractivity contribution is -0.384. The largest absolute Gasteiger partial charge is 0.507 e. The van der Waals surface area contributed by atoms with Crippen LogP contribution in [0.4, 0.5) is 5.69 Å². The zero-order valence-corrected chi connectivity index (χ0v) is 18.6. The van der Waals surface area contributed by atoms with Crippen molar-refractivity contribution in [3.63, 3.8) is 0 Å². The molecular formula is C25H23N3O6. The van der Waals surface area contributed by atoms with E-state index >= 15 is 0 Å². The van der Waals surface area contributed by atoms with Gasteiger partial charge in [0, 0.05) is 30.6 Å². The molecule has 0 aliphatic carbocycles. The Labute approximate surface area is 195 Å². The van der Waals surface area contributed by atoms with Gasteiger partial charge in [0.25, 0.3) is 17.4 Å². The van der Waals surface area contributed by atoms with Crippen molar-refractivity contribution >= 4 is 33.9 Å². The van der Waals surface area contributed by atoms with Crippen LogP contribution in [0.3, 0.4) is 0 Å². The van der Waals surface area contributed by atoms with Crippen molar-refractivity contribution in [2.45, 2.75) is 6.04 Å². The summed E-state index contributed by atoms with van der Waals surface area (Å²) in [6, 6.07) is 14.8. The minimum absolute atomic E-state index is 0.000240. The molecule has 0 spiro atoms. The van der Waals surface area contributed by atoms with E-state index in [1.165, 1.54) is 29.2 Å². The number of ketones is 1. The number of nitro groups is 1. The number of aliphatic hydroxyl groups excluding tert-OH is 1. The summed E-state index contributed by atoms with van der Waals surface area (Å²) in [7, 11) is 3.62.